The third-order valence-corrected chi connectivity index (χ3v) is 3.74. The SMILES string of the molecule is COCCNCC(=O)NCc1ccc(Br)cc1Oc1ccccc1. The first kappa shape index (κ1) is 18.4. The van der Waals surface area contributed by atoms with E-state index in [1.807, 2.05) is 48.5 Å². The molecule has 0 aliphatic rings. The van der Waals surface area contributed by atoms with Crippen molar-refractivity contribution in [3.8, 4) is 11.5 Å². The molecule has 5 nitrogen and oxygen atoms in total. The molecule has 0 aromatic heterocycles. The molecule has 6 heteroatoms. The lowest BCUT2D eigenvalue weighted by Gasteiger charge is -2.13. The van der Waals surface area contributed by atoms with Gasteiger partial charge in [-0.3, -0.25) is 4.79 Å². The minimum Gasteiger partial charge on any atom is -0.457 e. The lowest BCUT2D eigenvalue weighted by Crippen LogP contribution is -2.34. The number of hydrogen-bond acceptors (Lipinski definition) is 4. The topological polar surface area (TPSA) is 59.6 Å². The number of carbonyl (C=O) groups is 1. The maximum atomic E-state index is 11.9. The third kappa shape index (κ3) is 6.31. The van der Waals surface area contributed by atoms with Gasteiger partial charge in [0.25, 0.3) is 0 Å². The molecule has 0 aliphatic carbocycles. The van der Waals surface area contributed by atoms with Crippen LogP contribution in [0.3, 0.4) is 0 Å². The second-order valence-electron chi connectivity index (χ2n) is 5.11. The number of para-hydroxylation sites is 1. The summed E-state index contributed by atoms with van der Waals surface area (Å²) < 4.78 is 11.8. The van der Waals surface area contributed by atoms with E-state index in [-0.39, 0.29) is 12.5 Å². The summed E-state index contributed by atoms with van der Waals surface area (Å²) >= 11 is 3.45. The average molecular weight is 393 g/mol. The zero-order valence-electron chi connectivity index (χ0n) is 13.5. The maximum absolute atomic E-state index is 11.9. The molecule has 2 aromatic carbocycles. The average Bonchev–Trinajstić information content (AvgIpc) is 2.59. The van der Waals surface area contributed by atoms with Crippen molar-refractivity contribution in [2.75, 3.05) is 26.8 Å². The number of rotatable bonds is 9. The molecule has 128 valence electrons. The van der Waals surface area contributed by atoms with Crippen LogP contribution in [0.4, 0.5) is 0 Å². The summed E-state index contributed by atoms with van der Waals surface area (Å²) in [6.45, 7) is 1.88. The van der Waals surface area contributed by atoms with Crippen LogP contribution in [0, 0.1) is 0 Å². The zero-order valence-corrected chi connectivity index (χ0v) is 15.1. The first-order chi connectivity index (χ1) is 11.7. The van der Waals surface area contributed by atoms with Crippen molar-refractivity contribution in [3.05, 3.63) is 58.6 Å². The highest BCUT2D eigenvalue weighted by molar-refractivity contribution is 9.10. The van der Waals surface area contributed by atoms with Gasteiger partial charge in [0.05, 0.1) is 13.2 Å². The highest BCUT2D eigenvalue weighted by atomic mass is 79.9. The third-order valence-electron chi connectivity index (χ3n) is 3.24. The van der Waals surface area contributed by atoms with Gasteiger partial charge in [0, 0.05) is 30.2 Å². The lowest BCUT2D eigenvalue weighted by molar-refractivity contribution is -0.120. The molecule has 0 bridgehead atoms. The molecule has 0 spiro atoms. The second-order valence-corrected chi connectivity index (χ2v) is 6.03. The number of halogens is 1. The van der Waals surface area contributed by atoms with Crippen LogP contribution < -0.4 is 15.4 Å². The maximum Gasteiger partial charge on any atom is 0.234 e. The van der Waals surface area contributed by atoms with Crippen molar-refractivity contribution in [2.45, 2.75) is 6.54 Å². The van der Waals surface area contributed by atoms with Crippen LogP contribution in [0.2, 0.25) is 0 Å². The predicted octanol–water partition coefficient (Wildman–Crippen LogP) is 3.09. The summed E-state index contributed by atoms with van der Waals surface area (Å²) in [6.07, 6.45) is 0. The summed E-state index contributed by atoms with van der Waals surface area (Å²) in [7, 11) is 1.63. The largest absolute Gasteiger partial charge is 0.457 e. The van der Waals surface area contributed by atoms with Crippen molar-refractivity contribution in [1.82, 2.24) is 10.6 Å². The first-order valence-corrected chi connectivity index (χ1v) is 8.46. The van der Waals surface area contributed by atoms with Gasteiger partial charge in [-0.05, 0) is 24.3 Å². The van der Waals surface area contributed by atoms with Gasteiger partial charge in [-0.1, -0.05) is 40.2 Å². The van der Waals surface area contributed by atoms with Gasteiger partial charge in [-0.2, -0.15) is 0 Å². The molecule has 0 atom stereocenters. The predicted molar refractivity (Wildman–Crippen MR) is 97.3 cm³/mol. The summed E-state index contributed by atoms with van der Waals surface area (Å²) in [5.74, 6) is 1.40. The van der Waals surface area contributed by atoms with Crippen LogP contribution in [0.5, 0.6) is 11.5 Å². The van der Waals surface area contributed by atoms with Gasteiger partial charge >= 0.3 is 0 Å². The monoisotopic (exact) mass is 392 g/mol. The molecular weight excluding hydrogens is 372 g/mol. The lowest BCUT2D eigenvalue weighted by atomic mass is 10.2. The number of ether oxygens (including phenoxy) is 2. The molecule has 2 aromatic rings. The van der Waals surface area contributed by atoms with Crippen molar-refractivity contribution in [1.29, 1.82) is 0 Å². The Bertz CT molecular complexity index is 650. The fraction of sp³-hybridized carbons (Fsp3) is 0.278. The Balaban J connectivity index is 1.93. The Morgan fingerprint density at radius 3 is 2.71 bits per heavy atom. The van der Waals surface area contributed by atoms with E-state index in [1.54, 1.807) is 7.11 Å². The Labute approximate surface area is 150 Å². The number of methoxy groups -OCH3 is 1. The molecule has 0 saturated heterocycles. The molecule has 0 unspecified atom stereocenters. The van der Waals surface area contributed by atoms with Gasteiger partial charge in [0.2, 0.25) is 5.91 Å². The number of amides is 1. The molecule has 0 aliphatic heterocycles. The van der Waals surface area contributed by atoms with Gasteiger partial charge in [-0.25, -0.2) is 0 Å². The van der Waals surface area contributed by atoms with E-state index in [1.165, 1.54) is 0 Å². The number of hydrogen-bond donors (Lipinski definition) is 2. The van der Waals surface area contributed by atoms with E-state index >= 15 is 0 Å². The van der Waals surface area contributed by atoms with Crippen LogP contribution in [0.25, 0.3) is 0 Å². The normalized spacial score (nSPS) is 10.4. The van der Waals surface area contributed by atoms with E-state index in [0.29, 0.717) is 25.4 Å². The number of carbonyl (C=O) groups excluding carboxylic acids is 1. The summed E-state index contributed by atoms with van der Waals surface area (Å²) in [5.41, 5.74) is 0.910. The van der Waals surface area contributed by atoms with Crippen molar-refractivity contribution >= 4 is 21.8 Å². The highest BCUT2D eigenvalue weighted by Crippen LogP contribution is 2.28. The first-order valence-electron chi connectivity index (χ1n) is 7.66. The summed E-state index contributed by atoms with van der Waals surface area (Å²) in [5, 5.41) is 5.89. The van der Waals surface area contributed by atoms with Crippen LogP contribution >= 0.6 is 15.9 Å². The molecule has 0 fully saturated rings. The van der Waals surface area contributed by atoms with Gasteiger partial charge in [-0.15, -0.1) is 0 Å². The molecule has 1 amide bonds. The van der Waals surface area contributed by atoms with Gasteiger partial charge in [0.15, 0.2) is 0 Å². The van der Waals surface area contributed by atoms with Crippen molar-refractivity contribution < 1.29 is 14.3 Å². The van der Waals surface area contributed by atoms with Crippen LogP contribution in [-0.2, 0) is 16.1 Å². The van der Waals surface area contributed by atoms with E-state index < -0.39 is 0 Å². The molecule has 2 N–H and O–H groups in total. The quantitative estimate of drug-likeness (QED) is 0.643. The summed E-state index contributed by atoms with van der Waals surface area (Å²) in [6, 6.07) is 15.3. The minimum atomic E-state index is -0.0697. The van der Waals surface area contributed by atoms with E-state index in [0.717, 1.165) is 15.8 Å². The van der Waals surface area contributed by atoms with E-state index in [9.17, 15) is 4.79 Å². The summed E-state index contributed by atoms with van der Waals surface area (Å²) in [4.78, 5) is 11.9. The Kier molecular flexibility index (Phi) is 7.74. The van der Waals surface area contributed by atoms with Crippen LogP contribution in [0.1, 0.15) is 5.56 Å². The fourth-order valence-corrected chi connectivity index (χ4v) is 2.36. The minimum absolute atomic E-state index is 0.0697. The standard InChI is InChI=1S/C18H21BrN2O3/c1-23-10-9-20-13-18(22)21-12-14-7-8-15(19)11-17(14)24-16-5-3-2-4-6-16/h2-8,11,20H,9-10,12-13H2,1H3,(H,21,22). The zero-order chi connectivity index (χ0) is 17.2. The Morgan fingerprint density at radius 2 is 1.96 bits per heavy atom. The molecule has 2 rings (SSSR count). The Morgan fingerprint density at radius 1 is 1.17 bits per heavy atom. The second kappa shape index (κ2) is 10.1. The molecule has 24 heavy (non-hydrogen) atoms. The smallest absolute Gasteiger partial charge is 0.234 e. The van der Waals surface area contributed by atoms with Crippen LogP contribution in [0.15, 0.2) is 53.0 Å². The highest BCUT2D eigenvalue weighted by Gasteiger charge is 2.08. The van der Waals surface area contributed by atoms with Crippen LogP contribution in [-0.4, -0.2) is 32.7 Å². The number of nitrogens with one attached hydrogen (secondary N) is 2. The van der Waals surface area contributed by atoms with Gasteiger partial charge in [0.1, 0.15) is 11.5 Å². The van der Waals surface area contributed by atoms with Gasteiger partial charge < -0.3 is 20.1 Å². The Hall–Kier alpha value is -1.89. The van der Waals surface area contributed by atoms with Crippen molar-refractivity contribution in [2.24, 2.45) is 0 Å². The van der Waals surface area contributed by atoms with Crippen molar-refractivity contribution in [3.63, 3.8) is 0 Å². The molecular formula is C18H21BrN2O3. The van der Waals surface area contributed by atoms with E-state index in [4.69, 9.17) is 9.47 Å². The molecule has 0 heterocycles. The van der Waals surface area contributed by atoms with E-state index in [2.05, 4.69) is 26.6 Å². The molecule has 0 radical (unpaired) electrons. The molecule has 0 saturated carbocycles. The number of benzene rings is 2. The fourth-order valence-electron chi connectivity index (χ4n) is 2.02.